The van der Waals surface area contributed by atoms with Gasteiger partial charge in [0, 0.05) is 25.8 Å². The van der Waals surface area contributed by atoms with Crippen molar-refractivity contribution in [2.24, 2.45) is 0 Å². The van der Waals surface area contributed by atoms with Gasteiger partial charge in [-0.05, 0) is 26.7 Å². The van der Waals surface area contributed by atoms with Crippen molar-refractivity contribution in [1.29, 1.82) is 0 Å². The molecule has 1 amide bonds. The van der Waals surface area contributed by atoms with E-state index in [-0.39, 0.29) is 19.1 Å². The lowest BCUT2D eigenvalue weighted by atomic mass is 10.2. The minimum absolute atomic E-state index is 0.0715. The molecule has 0 aliphatic heterocycles. The highest BCUT2D eigenvalue weighted by atomic mass is 32.2. The number of carbonyl (C=O) groups excluding carboxylic acids is 1. The predicted molar refractivity (Wildman–Crippen MR) is 62.9 cm³/mol. The largest absolute Gasteiger partial charge is 0.396 e. The van der Waals surface area contributed by atoms with Crippen LogP contribution in [0, 0.1) is 0 Å². The van der Waals surface area contributed by atoms with Gasteiger partial charge in [-0.1, -0.05) is 0 Å². The topological polar surface area (TPSA) is 83.5 Å². The lowest BCUT2D eigenvalue weighted by molar-refractivity contribution is -0.121. The van der Waals surface area contributed by atoms with Gasteiger partial charge >= 0.3 is 0 Å². The van der Waals surface area contributed by atoms with Crippen molar-refractivity contribution in [2.75, 3.05) is 19.4 Å². The molecule has 0 aromatic rings. The van der Waals surface area contributed by atoms with Gasteiger partial charge in [-0.25, -0.2) is 8.42 Å². The molecule has 0 fully saturated rings. The smallest absolute Gasteiger partial charge is 0.220 e. The monoisotopic (exact) mass is 251 g/mol. The van der Waals surface area contributed by atoms with Gasteiger partial charge in [0.15, 0.2) is 9.84 Å². The number of hydrogen-bond acceptors (Lipinski definition) is 4. The molecule has 0 rings (SSSR count). The summed E-state index contributed by atoms with van der Waals surface area (Å²) < 4.78 is 21.7. The SMILES string of the molecule is CC(C)(CNC(=O)CCCCO)S(C)(=O)=O. The van der Waals surface area contributed by atoms with E-state index in [1.807, 2.05) is 0 Å². The fraction of sp³-hybridized carbons (Fsp3) is 0.900. The summed E-state index contributed by atoms with van der Waals surface area (Å²) in [5, 5.41) is 11.1. The van der Waals surface area contributed by atoms with Gasteiger partial charge in [0.2, 0.25) is 5.91 Å². The maximum atomic E-state index is 11.3. The van der Waals surface area contributed by atoms with Crippen LogP contribution in [0.3, 0.4) is 0 Å². The molecular formula is C10H21NO4S. The summed E-state index contributed by atoms with van der Waals surface area (Å²) in [6.45, 7) is 3.35. The van der Waals surface area contributed by atoms with Gasteiger partial charge in [0.1, 0.15) is 0 Å². The molecule has 96 valence electrons. The molecule has 0 unspecified atom stereocenters. The first kappa shape index (κ1) is 15.4. The van der Waals surface area contributed by atoms with Gasteiger partial charge in [-0.2, -0.15) is 0 Å². The minimum atomic E-state index is -3.18. The van der Waals surface area contributed by atoms with E-state index in [4.69, 9.17) is 5.11 Å². The summed E-state index contributed by atoms with van der Waals surface area (Å²) in [7, 11) is -3.18. The maximum absolute atomic E-state index is 11.3. The van der Waals surface area contributed by atoms with Gasteiger partial charge in [-0.15, -0.1) is 0 Å². The third kappa shape index (κ3) is 5.46. The molecule has 16 heavy (non-hydrogen) atoms. The Morgan fingerprint density at radius 3 is 2.31 bits per heavy atom. The number of hydrogen-bond donors (Lipinski definition) is 2. The average Bonchev–Trinajstić information content (AvgIpc) is 2.13. The molecule has 5 nitrogen and oxygen atoms in total. The van der Waals surface area contributed by atoms with Crippen LogP contribution in [0.15, 0.2) is 0 Å². The Morgan fingerprint density at radius 2 is 1.88 bits per heavy atom. The molecule has 0 spiro atoms. The van der Waals surface area contributed by atoms with Crippen molar-refractivity contribution >= 4 is 15.7 Å². The molecular weight excluding hydrogens is 230 g/mol. The van der Waals surface area contributed by atoms with Gasteiger partial charge in [-0.3, -0.25) is 4.79 Å². The summed E-state index contributed by atoms with van der Waals surface area (Å²) in [6.07, 6.45) is 2.68. The Morgan fingerprint density at radius 1 is 1.31 bits per heavy atom. The molecule has 0 aliphatic rings. The van der Waals surface area contributed by atoms with E-state index in [1.165, 1.54) is 0 Å². The summed E-state index contributed by atoms with van der Waals surface area (Å²) in [5.74, 6) is -0.176. The number of amides is 1. The molecule has 6 heteroatoms. The Kier molecular flexibility index (Phi) is 5.96. The van der Waals surface area contributed by atoms with Crippen LogP contribution in [-0.4, -0.2) is 43.6 Å². The highest BCUT2D eigenvalue weighted by Gasteiger charge is 2.30. The summed E-state index contributed by atoms with van der Waals surface area (Å²) in [5.41, 5.74) is 0. The van der Waals surface area contributed by atoms with Crippen molar-refractivity contribution < 1.29 is 18.3 Å². The average molecular weight is 251 g/mol. The van der Waals surface area contributed by atoms with Crippen LogP contribution in [0.2, 0.25) is 0 Å². The van der Waals surface area contributed by atoms with Crippen LogP contribution in [0.1, 0.15) is 33.1 Å². The zero-order valence-electron chi connectivity index (χ0n) is 10.1. The highest BCUT2D eigenvalue weighted by Crippen LogP contribution is 2.13. The lowest BCUT2D eigenvalue weighted by Gasteiger charge is -2.22. The summed E-state index contributed by atoms with van der Waals surface area (Å²) in [4.78, 5) is 11.3. The van der Waals surface area contributed by atoms with Gasteiger partial charge in [0.25, 0.3) is 0 Å². The van der Waals surface area contributed by atoms with Crippen LogP contribution in [0.4, 0.5) is 0 Å². The van der Waals surface area contributed by atoms with E-state index < -0.39 is 14.6 Å². The number of sulfone groups is 1. The zero-order chi connectivity index (χ0) is 12.8. The first-order valence-corrected chi connectivity index (χ1v) is 7.17. The second-order valence-corrected chi connectivity index (χ2v) is 7.14. The van der Waals surface area contributed by atoms with Crippen LogP contribution < -0.4 is 5.32 Å². The molecule has 0 aromatic carbocycles. The molecule has 0 heterocycles. The molecule has 2 N–H and O–H groups in total. The third-order valence-corrected chi connectivity index (χ3v) is 4.68. The molecule has 0 radical (unpaired) electrons. The number of aliphatic hydroxyl groups is 1. The summed E-state index contributed by atoms with van der Waals surface area (Å²) >= 11 is 0. The zero-order valence-corrected chi connectivity index (χ0v) is 10.9. The van der Waals surface area contributed by atoms with E-state index >= 15 is 0 Å². The van der Waals surface area contributed by atoms with E-state index in [1.54, 1.807) is 13.8 Å². The fourth-order valence-electron chi connectivity index (χ4n) is 0.928. The Bertz CT molecular complexity index is 322. The van der Waals surface area contributed by atoms with Crippen molar-refractivity contribution in [3.63, 3.8) is 0 Å². The van der Waals surface area contributed by atoms with Gasteiger partial charge in [0.05, 0.1) is 4.75 Å². The number of carbonyl (C=O) groups is 1. The quantitative estimate of drug-likeness (QED) is 0.628. The molecule has 0 aliphatic carbocycles. The van der Waals surface area contributed by atoms with Crippen molar-refractivity contribution in [3.8, 4) is 0 Å². The first-order valence-electron chi connectivity index (χ1n) is 5.28. The molecule has 0 saturated carbocycles. The third-order valence-electron chi connectivity index (χ3n) is 2.53. The van der Waals surface area contributed by atoms with Crippen molar-refractivity contribution in [1.82, 2.24) is 5.32 Å². The first-order chi connectivity index (χ1) is 7.20. The van der Waals surface area contributed by atoms with E-state index in [2.05, 4.69) is 5.32 Å². The number of aliphatic hydroxyl groups excluding tert-OH is 1. The Labute approximate surface area is 97.2 Å². The Hall–Kier alpha value is -0.620. The molecule has 0 bridgehead atoms. The van der Waals surface area contributed by atoms with E-state index in [0.717, 1.165) is 6.26 Å². The van der Waals surface area contributed by atoms with Crippen LogP contribution in [-0.2, 0) is 14.6 Å². The molecule has 0 atom stereocenters. The van der Waals surface area contributed by atoms with Crippen LogP contribution >= 0.6 is 0 Å². The Balaban J connectivity index is 4.01. The number of unbranched alkanes of at least 4 members (excludes halogenated alkanes) is 1. The van der Waals surface area contributed by atoms with Crippen molar-refractivity contribution in [2.45, 2.75) is 37.9 Å². The number of rotatable bonds is 7. The minimum Gasteiger partial charge on any atom is -0.396 e. The fourth-order valence-corrected chi connectivity index (χ4v) is 1.26. The predicted octanol–water partition coefficient (Wildman–Crippen LogP) is 0.0884. The highest BCUT2D eigenvalue weighted by molar-refractivity contribution is 7.92. The second-order valence-electron chi connectivity index (χ2n) is 4.49. The van der Waals surface area contributed by atoms with Crippen LogP contribution in [0.25, 0.3) is 0 Å². The normalized spacial score (nSPS) is 12.5. The molecule has 0 saturated heterocycles. The number of nitrogens with one attached hydrogen (secondary N) is 1. The standard InChI is InChI=1S/C10H21NO4S/c1-10(2,16(3,14)15)8-11-9(13)6-4-5-7-12/h12H,4-8H2,1-3H3,(H,11,13). The van der Waals surface area contributed by atoms with E-state index in [0.29, 0.717) is 19.3 Å². The lowest BCUT2D eigenvalue weighted by Crippen LogP contribution is -2.43. The van der Waals surface area contributed by atoms with Crippen LogP contribution in [0.5, 0.6) is 0 Å². The van der Waals surface area contributed by atoms with E-state index in [9.17, 15) is 13.2 Å². The summed E-state index contributed by atoms with van der Waals surface area (Å²) in [6, 6.07) is 0. The van der Waals surface area contributed by atoms with Gasteiger partial charge < -0.3 is 10.4 Å². The second kappa shape index (κ2) is 6.20. The van der Waals surface area contributed by atoms with Crippen molar-refractivity contribution in [3.05, 3.63) is 0 Å². The molecule has 0 aromatic heterocycles. The maximum Gasteiger partial charge on any atom is 0.220 e.